The maximum Gasteiger partial charge on any atom is 0.0625 e. The van der Waals surface area contributed by atoms with Gasteiger partial charge in [-0.3, -0.25) is 4.90 Å². The Labute approximate surface area is 80.7 Å². The Bertz CT molecular complexity index is 139. The highest BCUT2D eigenvalue weighted by Crippen LogP contribution is 2.17. The summed E-state index contributed by atoms with van der Waals surface area (Å²) in [4.78, 5) is 2.32. The Morgan fingerprint density at radius 1 is 1.54 bits per heavy atom. The summed E-state index contributed by atoms with van der Waals surface area (Å²) >= 11 is 0. The molecule has 1 fully saturated rings. The van der Waals surface area contributed by atoms with Crippen LogP contribution < -0.4 is 0 Å². The molecule has 0 aromatic rings. The first-order valence-electron chi connectivity index (χ1n) is 5.20. The molecule has 0 amide bonds. The smallest absolute Gasteiger partial charge is 0.0625 e. The zero-order valence-electron chi connectivity index (χ0n) is 8.70. The Morgan fingerprint density at radius 3 is 2.92 bits per heavy atom. The van der Waals surface area contributed by atoms with Crippen LogP contribution in [0.25, 0.3) is 0 Å². The van der Waals surface area contributed by atoms with Crippen LogP contribution in [0.3, 0.4) is 0 Å². The van der Waals surface area contributed by atoms with Crippen molar-refractivity contribution in [2.24, 2.45) is 0 Å². The molecule has 0 radical (unpaired) electrons. The predicted octanol–water partition coefficient (Wildman–Crippen LogP) is 0.868. The maximum absolute atomic E-state index is 8.84. The fourth-order valence-electron chi connectivity index (χ4n) is 1.81. The van der Waals surface area contributed by atoms with Crippen LogP contribution in [0.4, 0.5) is 0 Å². The lowest BCUT2D eigenvalue weighted by Gasteiger charge is -2.24. The van der Waals surface area contributed by atoms with Gasteiger partial charge >= 0.3 is 0 Å². The minimum atomic E-state index is 0.262. The molecule has 0 aromatic carbocycles. The SMILES string of the molecule is CC(C)OC[C@@H]1CCCN1CCO. The summed E-state index contributed by atoms with van der Waals surface area (Å²) in [6.07, 6.45) is 2.77. The predicted molar refractivity (Wildman–Crippen MR) is 52.8 cm³/mol. The van der Waals surface area contributed by atoms with E-state index in [0.717, 1.165) is 19.7 Å². The van der Waals surface area contributed by atoms with Crippen LogP contribution in [-0.2, 0) is 4.74 Å². The van der Waals surface area contributed by atoms with Gasteiger partial charge < -0.3 is 9.84 Å². The van der Waals surface area contributed by atoms with Gasteiger partial charge in [-0.25, -0.2) is 0 Å². The van der Waals surface area contributed by atoms with Crippen molar-refractivity contribution in [1.29, 1.82) is 0 Å². The van der Waals surface area contributed by atoms with E-state index in [1.54, 1.807) is 0 Å². The first-order valence-corrected chi connectivity index (χ1v) is 5.20. The van der Waals surface area contributed by atoms with E-state index in [4.69, 9.17) is 9.84 Å². The molecule has 3 nitrogen and oxygen atoms in total. The number of aliphatic hydroxyl groups excluding tert-OH is 1. The number of likely N-dealkylation sites (tertiary alicyclic amines) is 1. The second-order valence-corrected chi connectivity index (χ2v) is 3.94. The Hall–Kier alpha value is -0.120. The normalized spacial score (nSPS) is 24.5. The van der Waals surface area contributed by atoms with Gasteiger partial charge in [0.05, 0.1) is 19.3 Å². The topological polar surface area (TPSA) is 32.7 Å². The molecule has 1 rings (SSSR count). The second-order valence-electron chi connectivity index (χ2n) is 3.94. The number of hydrogen-bond donors (Lipinski definition) is 1. The van der Waals surface area contributed by atoms with Crippen LogP contribution in [-0.4, -0.2) is 48.5 Å². The Balaban J connectivity index is 2.22. The lowest BCUT2D eigenvalue weighted by molar-refractivity contribution is 0.0336. The van der Waals surface area contributed by atoms with Crippen molar-refractivity contribution in [3.63, 3.8) is 0 Å². The van der Waals surface area contributed by atoms with Gasteiger partial charge in [-0.15, -0.1) is 0 Å². The number of rotatable bonds is 5. The number of β-amino-alcohol motifs (C(OH)–C–C–N with tert-alkyl or cyclic N) is 1. The van der Waals surface area contributed by atoms with Gasteiger partial charge in [0.15, 0.2) is 0 Å². The van der Waals surface area contributed by atoms with Gasteiger partial charge in [-0.1, -0.05) is 0 Å². The van der Waals surface area contributed by atoms with Gasteiger partial charge in [0.2, 0.25) is 0 Å². The molecule has 1 heterocycles. The molecular formula is C10H21NO2. The van der Waals surface area contributed by atoms with E-state index >= 15 is 0 Å². The molecule has 0 aromatic heterocycles. The van der Waals surface area contributed by atoms with Crippen molar-refractivity contribution in [2.45, 2.75) is 38.8 Å². The number of nitrogens with zero attached hydrogens (tertiary/aromatic N) is 1. The van der Waals surface area contributed by atoms with Crippen molar-refractivity contribution in [3.05, 3.63) is 0 Å². The summed E-state index contributed by atoms with van der Waals surface area (Å²) in [5, 5.41) is 8.84. The molecule has 1 atom stereocenters. The average molecular weight is 187 g/mol. The lowest BCUT2D eigenvalue weighted by atomic mass is 10.2. The van der Waals surface area contributed by atoms with E-state index in [2.05, 4.69) is 18.7 Å². The zero-order chi connectivity index (χ0) is 9.68. The first-order chi connectivity index (χ1) is 6.24. The fraction of sp³-hybridized carbons (Fsp3) is 1.00. The molecular weight excluding hydrogens is 166 g/mol. The van der Waals surface area contributed by atoms with Crippen molar-refractivity contribution < 1.29 is 9.84 Å². The van der Waals surface area contributed by atoms with Gasteiger partial charge in [0, 0.05) is 12.6 Å². The van der Waals surface area contributed by atoms with E-state index in [9.17, 15) is 0 Å². The largest absolute Gasteiger partial charge is 0.395 e. The van der Waals surface area contributed by atoms with E-state index in [1.165, 1.54) is 12.8 Å². The first kappa shape index (κ1) is 11.0. The molecule has 0 saturated carbocycles. The van der Waals surface area contributed by atoms with E-state index in [1.807, 2.05) is 0 Å². The number of ether oxygens (including phenoxy) is 1. The molecule has 0 bridgehead atoms. The van der Waals surface area contributed by atoms with Gasteiger partial charge in [0.25, 0.3) is 0 Å². The van der Waals surface area contributed by atoms with Crippen LogP contribution in [0, 0.1) is 0 Å². The summed E-state index contributed by atoms with van der Waals surface area (Å²) in [5.41, 5.74) is 0. The van der Waals surface area contributed by atoms with Gasteiger partial charge in [-0.2, -0.15) is 0 Å². The van der Waals surface area contributed by atoms with Crippen molar-refractivity contribution in [2.75, 3.05) is 26.3 Å². The summed E-state index contributed by atoms with van der Waals surface area (Å²) in [7, 11) is 0. The molecule has 13 heavy (non-hydrogen) atoms. The number of hydrogen-bond acceptors (Lipinski definition) is 3. The fourth-order valence-corrected chi connectivity index (χ4v) is 1.81. The molecule has 0 aliphatic carbocycles. The third-order valence-electron chi connectivity index (χ3n) is 2.51. The lowest BCUT2D eigenvalue weighted by Crippen LogP contribution is -2.35. The number of aliphatic hydroxyl groups is 1. The Kier molecular flexibility index (Phi) is 4.70. The average Bonchev–Trinajstić information content (AvgIpc) is 2.49. The molecule has 1 saturated heterocycles. The van der Waals surface area contributed by atoms with Crippen molar-refractivity contribution >= 4 is 0 Å². The van der Waals surface area contributed by atoms with Gasteiger partial charge in [0.1, 0.15) is 0 Å². The maximum atomic E-state index is 8.84. The van der Waals surface area contributed by atoms with Crippen molar-refractivity contribution in [1.82, 2.24) is 4.90 Å². The van der Waals surface area contributed by atoms with Crippen molar-refractivity contribution in [3.8, 4) is 0 Å². The monoisotopic (exact) mass is 187 g/mol. The summed E-state index contributed by atoms with van der Waals surface area (Å²) in [5.74, 6) is 0. The Morgan fingerprint density at radius 2 is 2.31 bits per heavy atom. The molecule has 78 valence electrons. The third-order valence-corrected chi connectivity index (χ3v) is 2.51. The van der Waals surface area contributed by atoms with Crippen LogP contribution in [0.2, 0.25) is 0 Å². The minimum absolute atomic E-state index is 0.262. The highest BCUT2D eigenvalue weighted by atomic mass is 16.5. The summed E-state index contributed by atoms with van der Waals surface area (Å²) in [6, 6.07) is 0.537. The van der Waals surface area contributed by atoms with E-state index in [0.29, 0.717) is 12.1 Å². The summed E-state index contributed by atoms with van der Waals surface area (Å²) < 4.78 is 5.58. The zero-order valence-corrected chi connectivity index (χ0v) is 8.70. The molecule has 0 spiro atoms. The minimum Gasteiger partial charge on any atom is -0.395 e. The van der Waals surface area contributed by atoms with Crippen LogP contribution in [0.1, 0.15) is 26.7 Å². The highest BCUT2D eigenvalue weighted by Gasteiger charge is 2.23. The second kappa shape index (κ2) is 5.58. The molecule has 0 unspecified atom stereocenters. The molecule has 1 N–H and O–H groups in total. The van der Waals surface area contributed by atoms with Crippen LogP contribution >= 0.6 is 0 Å². The molecule has 1 aliphatic rings. The third kappa shape index (κ3) is 3.63. The van der Waals surface area contributed by atoms with Crippen LogP contribution in [0.15, 0.2) is 0 Å². The van der Waals surface area contributed by atoms with E-state index < -0.39 is 0 Å². The van der Waals surface area contributed by atoms with Crippen LogP contribution in [0.5, 0.6) is 0 Å². The standard InChI is InChI=1S/C10H21NO2/c1-9(2)13-8-10-4-3-5-11(10)6-7-12/h9-10,12H,3-8H2,1-2H3/t10-/m0/s1. The van der Waals surface area contributed by atoms with Gasteiger partial charge in [-0.05, 0) is 33.2 Å². The summed E-state index contributed by atoms with van der Waals surface area (Å²) in [6.45, 7) is 7.12. The van der Waals surface area contributed by atoms with E-state index in [-0.39, 0.29) is 6.61 Å². The quantitative estimate of drug-likeness (QED) is 0.693. The molecule has 3 heteroatoms. The highest BCUT2D eigenvalue weighted by molar-refractivity contribution is 4.78. The molecule has 1 aliphatic heterocycles.